The number of hydrogen-bond acceptors (Lipinski definition) is 7. The molecule has 1 fully saturated rings. The third-order valence-electron chi connectivity index (χ3n) is 4.21. The molecule has 1 saturated heterocycles. The van der Waals surface area contributed by atoms with Gasteiger partial charge in [0.2, 0.25) is 5.75 Å². The molecule has 3 rings (SSSR count). The molecule has 150 valence electrons. The first-order chi connectivity index (χ1) is 13.2. The van der Waals surface area contributed by atoms with Crippen LogP contribution in [0.2, 0.25) is 10.2 Å². The van der Waals surface area contributed by atoms with Crippen LogP contribution in [0.25, 0.3) is 0 Å². The Morgan fingerprint density at radius 1 is 1.29 bits per heavy atom. The van der Waals surface area contributed by atoms with Crippen LogP contribution < -0.4 is 9.64 Å². The Kier molecular flexibility index (Phi) is 6.33. The van der Waals surface area contributed by atoms with Gasteiger partial charge in [-0.05, 0) is 12.1 Å². The van der Waals surface area contributed by atoms with E-state index in [4.69, 9.17) is 27.9 Å². The number of benzene rings is 1. The molecule has 0 aliphatic carbocycles. The Bertz CT molecular complexity index is 1020. The summed E-state index contributed by atoms with van der Waals surface area (Å²) in [5, 5.41) is 11.6. The zero-order valence-electron chi connectivity index (χ0n) is 14.3. The summed E-state index contributed by atoms with van der Waals surface area (Å²) < 4.78 is 29.5. The summed E-state index contributed by atoms with van der Waals surface area (Å²) in [5.41, 5.74) is 0.882. The molecule has 2 aromatic rings. The second-order valence-corrected chi connectivity index (χ2v) is 10.0. The zero-order valence-corrected chi connectivity index (χ0v) is 18.2. The molecule has 1 aliphatic rings. The van der Waals surface area contributed by atoms with Crippen molar-refractivity contribution in [2.45, 2.75) is 6.61 Å². The van der Waals surface area contributed by atoms with E-state index in [2.05, 4.69) is 20.9 Å². The number of aromatic nitrogens is 1. The fourth-order valence-electron chi connectivity index (χ4n) is 2.81. The number of nitrogens with zero attached hydrogens (tertiary/aromatic N) is 3. The lowest BCUT2D eigenvalue weighted by Gasteiger charge is -2.30. The lowest BCUT2D eigenvalue weighted by molar-refractivity contribution is -0.386. The highest BCUT2D eigenvalue weighted by Gasteiger charge is 2.26. The van der Waals surface area contributed by atoms with Gasteiger partial charge in [0.05, 0.1) is 27.0 Å². The van der Waals surface area contributed by atoms with Crippen LogP contribution in [-0.2, 0) is 16.4 Å². The van der Waals surface area contributed by atoms with E-state index in [1.54, 1.807) is 6.07 Å². The highest BCUT2D eigenvalue weighted by atomic mass is 79.9. The molecule has 2 heterocycles. The maximum absolute atomic E-state index is 11.7. The molecule has 0 spiro atoms. The minimum Gasteiger partial charge on any atom is -0.481 e. The van der Waals surface area contributed by atoms with Crippen LogP contribution in [0.4, 0.5) is 11.4 Å². The van der Waals surface area contributed by atoms with E-state index in [-0.39, 0.29) is 39.7 Å². The van der Waals surface area contributed by atoms with Gasteiger partial charge in [0, 0.05) is 35.5 Å². The van der Waals surface area contributed by atoms with Crippen molar-refractivity contribution in [1.82, 2.24) is 4.98 Å². The van der Waals surface area contributed by atoms with Crippen molar-refractivity contribution in [3.8, 4) is 5.75 Å². The molecule has 28 heavy (non-hydrogen) atoms. The monoisotopic (exact) mass is 509 g/mol. The van der Waals surface area contributed by atoms with Crippen LogP contribution in [-0.4, -0.2) is 42.9 Å². The minimum absolute atomic E-state index is 0.0389. The van der Waals surface area contributed by atoms with Crippen LogP contribution in [0.1, 0.15) is 5.56 Å². The standard InChI is InChI=1S/C16H14BrCl2N3O5S/c17-10-7-12(18)15(14(8-10)22(23)24)27-9-11-13(1-2-20-16(11)19)21-3-5-28(25,26)6-4-21/h1-2,7-8H,3-6,9H2. The number of rotatable bonds is 5. The van der Waals surface area contributed by atoms with Crippen molar-refractivity contribution in [2.24, 2.45) is 0 Å². The number of nitro groups is 1. The fourth-order valence-corrected chi connectivity index (χ4v) is 5.07. The van der Waals surface area contributed by atoms with Crippen LogP contribution >= 0.6 is 39.1 Å². The van der Waals surface area contributed by atoms with Gasteiger partial charge in [0.15, 0.2) is 9.84 Å². The SMILES string of the molecule is O=[N+]([O-])c1cc(Br)cc(Cl)c1OCc1c(N2CCS(=O)(=O)CC2)ccnc1Cl. The zero-order chi connectivity index (χ0) is 20.5. The van der Waals surface area contributed by atoms with Gasteiger partial charge in [0.25, 0.3) is 0 Å². The number of anilines is 1. The van der Waals surface area contributed by atoms with Crippen LogP contribution in [0, 0.1) is 10.1 Å². The Hall–Kier alpha value is -1.62. The van der Waals surface area contributed by atoms with Crippen LogP contribution in [0.15, 0.2) is 28.9 Å². The smallest absolute Gasteiger partial charge is 0.313 e. The third kappa shape index (κ3) is 4.68. The van der Waals surface area contributed by atoms with Gasteiger partial charge in [-0.3, -0.25) is 10.1 Å². The van der Waals surface area contributed by atoms with E-state index in [0.29, 0.717) is 28.8 Å². The van der Waals surface area contributed by atoms with E-state index in [1.807, 2.05) is 4.90 Å². The molecule has 0 unspecified atom stereocenters. The van der Waals surface area contributed by atoms with Crippen molar-refractivity contribution in [1.29, 1.82) is 0 Å². The molecule has 0 amide bonds. The lowest BCUT2D eigenvalue weighted by atomic mass is 10.2. The first-order valence-corrected chi connectivity index (χ1v) is 11.4. The molecule has 0 N–H and O–H groups in total. The summed E-state index contributed by atoms with van der Waals surface area (Å²) in [6, 6.07) is 4.49. The van der Waals surface area contributed by atoms with Crippen LogP contribution in [0.5, 0.6) is 5.75 Å². The Balaban J connectivity index is 1.89. The van der Waals surface area contributed by atoms with Crippen molar-refractivity contribution in [3.63, 3.8) is 0 Å². The van der Waals surface area contributed by atoms with E-state index >= 15 is 0 Å². The highest BCUT2D eigenvalue weighted by Crippen LogP contribution is 2.39. The summed E-state index contributed by atoms with van der Waals surface area (Å²) in [5.74, 6) is -0.00364. The highest BCUT2D eigenvalue weighted by molar-refractivity contribution is 9.10. The van der Waals surface area contributed by atoms with Gasteiger partial charge in [-0.1, -0.05) is 39.1 Å². The Morgan fingerprint density at radius 3 is 2.61 bits per heavy atom. The van der Waals surface area contributed by atoms with Crippen molar-refractivity contribution < 1.29 is 18.1 Å². The lowest BCUT2D eigenvalue weighted by Crippen LogP contribution is -2.40. The second-order valence-electron chi connectivity index (χ2n) is 6.02. The van der Waals surface area contributed by atoms with Gasteiger partial charge in [-0.25, -0.2) is 13.4 Å². The second kappa shape index (κ2) is 8.40. The van der Waals surface area contributed by atoms with E-state index in [0.717, 1.165) is 0 Å². The average Bonchev–Trinajstić information content (AvgIpc) is 2.61. The molecule has 0 atom stereocenters. The number of sulfone groups is 1. The molecule has 1 aromatic heterocycles. The number of hydrogen-bond donors (Lipinski definition) is 0. The van der Waals surface area contributed by atoms with Gasteiger partial charge in [-0.15, -0.1) is 0 Å². The molecule has 0 radical (unpaired) electrons. The molecular formula is C16H14BrCl2N3O5S. The number of halogens is 3. The predicted molar refractivity (Wildman–Crippen MR) is 110 cm³/mol. The first-order valence-electron chi connectivity index (χ1n) is 8.03. The van der Waals surface area contributed by atoms with E-state index < -0.39 is 14.8 Å². The number of pyridine rings is 1. The summed E-state index contributed by atoms with van der Waals surface area (Å²) in [6.45, 7) is 0.511. The minimum atomic E-state index is -3.05. The van der Waals surface area contributed by atoms with Gasteiger partial charge in [-0.2, -0.15) is 0 Å². The van der Waals surface area contributed by atoms with E-state index in [9.17, 15) is 18.5 Å². The van der Waals surface area contributed by atoms with Crippen molar-refractivity contribution >= 4 is 60.3 Å². The molecule has 12 heteroatoms. The largest absolute Gasteiger partial charge is 0.481 e. The van der Waals surface area contributed by atoms with Gasteiger partial charge in [0.1, 0.15) is 11.8 Å². The number of ether oxygens (including phenoxy) is 1. The molecule has 0 bridgehead atoms. The Morgan fingerprint density at radius 2 is 1.96 bits per heavy atom. The van der Waals surface area contributed by atoms with Gasteiger partial charge < -0.3 is 9.64 Å². The normalized spacial score (nSPS) is 16.0. The maximum Gasteiger partial charge on any atom is 0.313 e. The molecule has 1 aromatic carbocycles. The summed E-state index contributed by atoms with van der Waals surface area (Å²) in [6.07, 6.45) is 1.51. The average molecular weight is 511 g/mol. The van der Waals surface area contributed by atoms with Gasteiger partial charge >= 0.3 is 5.69 Å². The number of nitro benzene ring substituents is 1. The topological polar surface area (TPSA) is 103 Å². The van der Waals surface area contributed by atoms with Crippen molar-refractivity contribution in [2.75, 3.05) is 29.5 Å². The predicted octanol–water partition coefficient (Wildman–Crippen LogP) is 3.87. The fraction of sp³-hybridized carbons (Fsp3) is 0.312. The third-order valence-corrected chi connectivity index (χ3v) is 6.88. The maximum atomic E-state index is 11.7. The quantitative estimate of drug-likeness (QED) is 0.341. The van der Waals surface area contributed by atoms with Crippen LogP contribution in [0.3, 0.4) is 0 Å². The molecule has 1 aliphatic heterocycles. The summed E-state index contributed by atoms with van der Waals surface area (Å²) in [4.78, 5) is 16.6. The Labute approximate surface area is 179 Å². The molecule has 8 nitrogen and oxygen atoms in total. The summed E-state index contributed by atoms with van der Waals surface area (Å²) >= 11 is 15.5. The van der Waals surface area contributed by atoms with Crippen molar-refractivity contribution in [3.05, 3.63) is 54.7 Å². The summed E-state index contributed by atoms with van der Waals surface area (Å²) in [7, 11) is -3.05. The van der Waals surface area contributed by atoms with E-state index in [1.165, 1.54) is 18.3 Å². The first kappa shape index (κ1) is 21.1. The molecular weight excluding hydrogens is 497 g/mol. The molecule has 0 saturated carbocycles.